The molecule has 0 radical (unpaired) electrons. The first kappa shape index (κ1) is 12.9. The number of rotatable bonds is 0. The fraction of sp³-hybridized carbons (Fsp3) is 0. The molecule has 3 heterocycles. The number of benzene rings is 3. The molecular weight excluding hydrogens is 308 g/mol. The molecule has 25 heavy (non-hydrogen) atoms. The van der Waals surface area contributed by atoms with Crippen LogP contribution in [0.3, 0.4) is 0 Å². The van der Waals surface area contributed by atoms with E-state index in [1.54, 1.807) is 0 Å². The summed E-state index contributed by atoms with van der Waals surface area (Å²) in [7, 11) is 0. The van der Waals surface area contributed by atoms with E-state index in [2.05, 4.69) is 36.4 Å². The van der Waals surface area contributed by atoms with E-state index in [4.69, 9.17) is 0 Å². The molecule has 0 aliphatic rings. The van der Waals surface area contributed by atoms with Crippen molar-refractivity contribution >= 4 is 43.6 Å². The van der Waals surface area contributed by atoms with Crippen LogP contribution >= 0.6 is 0 Å². The lowest BCUT2D eigenvalue weighted by Gasteiger charge is -2.03. The minimum absolute atomic E-state index is 0.0169. The Balaban J connectivity index is 2.09. The van der Waals surface area contributed by atoms with Gasteiger partial charge < -0.3 is 0 Å². The first-order valence-corrected chi connectivity index (χ1v) is 8.36. The zero-order valence-electron chi connectivity index (χ0n) is 13.3. The summed E-state index contributed by atoms with van der Waals surface area (Å²) >= 11 is 0. The van der Waals surface area contributed by atoms with E-state index < -0.39 is 0 Å². The third-order valence-electron chi connectivity index (χ3n) is 5.19. The zero-order valence-corrected chi connectivity index (χ0v) is 13.3. The quantitative estimate of drug-likeness (QED) is 0.307. The zero-order chi connectivity index (χ0) is 16.5. The normalized spacial score (nSPS) is 12.2. The third-order valence-corrected chi connectivity index (χ3v) is 5.19. The van der Waals surface area contributed by atoms with E-state index in [9.17, 15) is 4.79 Å². The van der Waals surface area contributed by atoms with Crippen LogP contribution in [0.5, 0.6) is 0 Å². The van der Waals surface area contributed by atoms with Crippen molar-refractivity contribution in [1.29, 1.82) is 0 Å². The summed E-state index contributed by atoms with van der Waals surface area (Å²) in [5.74, 6) is 0. The molecule has 6 aromatic rings. The van der Waals surface area contributed by atoms with Gasteiger partial charge in [0, 0.05) is 16.2 Å². The van der Waals surface area contributed by atoms with Crippen molar-refractivity contribution in [1.82, 2.24) is 4.40 Å². The molecule has 3 heteroatoms. The molecule has 3 aromatic carbocycles. The van der Waals surface area contributed by atoms with Crippen LogP contribution in [0.15, 0.2) is 83.7 Å². The molecule has 3 aromatic heterocycles. The highest BCUT2D eigenvalue weighted by atomic mass is 16.1. The Kier molecular flexibility index (Phi) is 2.24. The minimum Gasteiger partial charge on any atom is -0.196 e. The number of nitrogens with zero attached hydrogens (tertiary/aromatic N) is 2. The standard InChI is InChI=1S/C22H13N2O/c25-22-23-18-10-3-1-6-14(18)12-13-20(23)17-9-5-8-16-15-7-2-4-11-19(15)24(22)21(16)17/h1-13H/q+1. The van der Waals surface area contributed by atoms with Gasteiger partial charge in [0.05, 0.1) is 5.39 Å². The van der Waals surface area contributed by atoms with E-state index in [1.165, 1.54) is 0 Å². The van der Waals surface area contributed by atoms with E-state index >= 15 is 0 Å². The number of hydrogen-bond donors (Lipinski definition) is 0. The molecule has 0 N–H and O–H groups in total. The first-order chi connectivity index (χ1) is 12.3. The summed E-state index contributed by atoms with van der Waals surface area (Å²) in [5, 5.41) is 4.40. The Labute approximate surface area is 142 Å². The van der Waals surface area contributed by atoms with Gasteiger partial charge in [-0.1, -0.05) is 36.4 Å². The lowest BCUT2D eigenvalue weighted by Crippen LogP contribution is -2.45. The molecule has 0 bridgehead atoms. The van der Waals surface area contributed by atoms with Crippen LogP contribution in [-0.4, -0.2) is 4.40 Å². The van der Waals surface area contributed by atoms with Crippen molar-refractivity contribution in [3.05, 3.63) is 89.3 Å². The van der Waals surface area contributed by atoms with Crippen molar-refractivity contribution in [3.63, 3.8) is 0 Å². The summed E-state index contributed by atoms with van der Waals surface area (Å²) in [4.78, 5) is 13.5. The molecule has 0 aliphatic heterocycles. The van der Waals surface area contributed by atoms with Gasteiger partial charge in [0.2, 0.25) is 0 Å². The molecule has 6 rings (SSSR count). The summed E-state index contributed by atoms with van der Waals surface area (Å²) < 4.78 is 3.70. The predicted molar refractivity (Wildman–Crippen MR) is 101 cm³/mol. The van der Waals surface area contributed by atoms with Gasteiger partial charge in [0.25, 0.3) is 0 Å². The Morgan fingerprint density at radius 2 is 1.40 bits per heavy atom. The van der Waals surface area contributed by atoms with Gasteiger partial charge in [-0.15, -0.1) is 0 Å². The number of fused-ring (bicyclic) bond motifs is 7. The number of hydrogen-bond acceptors (Lipinski definition) is 1. The molecule has 0 atom stereocenters. The fourth-order valence-corrected chi connectivity index (χ4v) is 4.15. The van der Waals surface area contributed by atoms with Gasteiger partial charge in [-0.2, -0.15) is 13.6 Å². The molecular formula is C22H13N2O+. The van der Waals surface area contributed by atoms with Crippen LogP contribution < -0.4 is 10.1 Å². The summed E-state index contributed by atoms with van der Waals surface area (Å²) in [5.41, 5.74) is 3.83. The van der Waals surface area contributed by atoms with Gasteiger partial charge >= 0.3 is 5.69 Å². The number of pyridine rings is 1. The summed E-state index contributed by atoms with van der Waals surface area (Å²) in [6.07, 6.45) is 0. The van der Waals surface area contributed by atoms with Crippen molar-refractivity contribution in [3.8, 4) is 0 Å². The average Bonchev–Trinajstić information content (AvgIpc) is 3.01. The summed E-state index contributed by atoms with van der Waals surface area (Å²) in [6.45, 7) is 0. The Bertz CT molecular complexity index is 1500. The van der Waals surface area contributed by atoms with E-state index in [0.29, 0.717) is 0 Å². The molecule has 0 saturated carbocycles. The van der Waals surface area contributed by atoms with Crippen LogP contribution in [0, 0.1) is 0 Å². The van der Waals surface area contributed by atoms with Crippen LogP contribution in [0.25, 0.3) is 43.6 Å². The highest BCUT2D eigenvalue weighted by Crippen LogP contribution is 2.31. The van der Waals surface area contributed by atoms with Crippen molar-refractivity contribution in [2.24, 2.45) is 0 Å². The van der Waals surface area contributed by atoms with Gasteiger partial charge in [-0.3, -0.25) is 0 Å². The second-order valence-corrected chi connectivity index (χ2v) is 6.45. The molecule has 116 valence electrons. The fourth-order valence-electron chi connectivity index (χ4n) is 4.15. The summed E-state index contributed by atoms with van der Waals surface area (Å²) in [6, 6.07) is 26.6. The predicted octanol–water partition coefficient (Wildman–Crippen LogP) is 3.94. The average molecular weight is 321 g/mol. The Morgan fingerprint density at radius 3 is 2.36 bits per heavy atom. The number of aromatic nitrogens is 2. The molecule has 0 fully saturated rings. The van der Waals surface area contributed by atoms with Gasteiger partial charge in [-0.05, 0) is 42.5 Å². The van der Waals surface area contributed by atoms with Crippen molar-refractivity contribution in [2.45, 2.75) is 0 Å². The lowest BCUT2D eigenvalue weighted by molar-refractivity contribution is -0.503. The lowest BCUT2D eigenvalue weighted by atomic mass is 10.1. The largest absolute Gasteiger partial charge is 0.509 e. The van der Waals surface area contributed by atoms with E-state index in [0.717, 1.165) is 43.6 Å². The minimum atomic E-state index is -0.0169. The maximum Gasteiger partial charge on any atom is 0.509 e. The number of para-hydroxylation sites is 3. The van der Waals surface area contributed by atoms with Crippen LogP contribution in [0.1, 0.15) is 0 Å². The van der Waals surface area contributed by atoms with Crippen LogP contribution in [-0.2, 0) is 0 Å². The van der Waals surface area contributed by atoms with Crippen LogP contribution in [0.4, 0.5) is 0 Å². The monoisotopic (exact) mass is 321 g/mol. The molecule has 0 saturated heterocycles. The maximum atomic E-state index is 13.5. The molecule has 3 nitrogen and oxygen atoms in total. The molecule has 0 aliphatic carbocycles. The van der Waals surface area contributed by atoms with Crippen molar-refractivity contribution in [2.75, 3.05) is 0 Å². The highest BCUT2D eigenvalue weighted by Gasteiger charge is 2.24. The Hall–Kier alpha value is -3.46. The van der Waals surface area contributed by atoms with E-state index in [-0.39, 0.29) is 5.69 Å². The van der Waals surface area contributed by atoms with Gasteiger partial charge in [0.15, 0.2) is 5.52 Å². The van der Waals surface area contributed by atoms with Crippen LogP contribution in [0.2, 0.25) is 0 Å². The third kappa shape index (κ3) is 1.46. The second kappa shape index (κ2) is 4.33. The molecule has 0 amide bonds. The molecule has 0 unspecified atom stereocenters. The van der Waals surface area contributed by atoms with Gasteiger partial charge in [0.1, 0.15) is 16.6 Å². The van der Waals surface area contributed by atoms with Crippen molar-refractivity contribution < 1.29 is 4.40 Å². The highest BCUT2D eigenvalue weighted by molar-refractivity contribution is 6.16. The molecule has 0 spiro atoms. The first-order valence-electron chi connectivity index (χ1n) is 8.36. The second-order valence-electron chi connectivity index (χ2n) is 6.45. The smallest absolute Gasteiger partial charge is 0.196 e. The Morgan fingerprint density at radius 1 is 0.640 bits per heavy atom. The van der Waals surface area contributed by atoms with Gasteiger partial charge in [-0.25, -0.2) is 0 Å². The topological polar surface area (TPSA) is 25.6 Å². The SMILES string of the molecule is O=c1n2c3ccccc3c3cccc(c32)c2ccc3ccccc3[n+]12. The van der Waals surface area contributed by atoms with E-state index in [1.807, 2.05) is 51.3 Å². The maximum absolute atomic E-state index is 13.5.